The van der Waals surface area contributed by atoms with Crippen LogP contribution in [-0.4, -0.2) is 22.7 Å². The largest absolute Gasteiger partial charge is 0.380 e. The van der Waals surface area contributed by atoms with Crippen molar-refractivity contribution in [1.29, 1.82) is 0 Å². The Morgan fingerprint density at radius 1 is 1.32 bits per heavy atom. The maximum Gasteiger partial charge on any atom is 0.252 e. The van der Waals surface area contributed by atoms with Crippen LogP contribution in [-0.2, 0) is 11.2 Å². The fourth-order valence-electron chi connectivity index (χ4n) is 2.70. The Balaban J connectivity index is 1.94. The number of benzene rings is 1. The van der Waals surface area contributed by atoms with E-state index < -0.39 is 5.60 Å². The minimum Gasteiger partial charge on any atom is -0.380 e. The molecule has 0 heterocycles. The minimum absolute atomic E-state index is 0.0968. The van der Waals surface area contributed by atoms with Crippen molar-refractivity contribution < 1.29 is 9.90 Å². The van der Waals surface area contributed by atoms with Crippen LogP contribution < -0.4 is 5.32 Å². The van der Waals surface area contributed by atoms with Crippen molar-refractivity contribution in [3.63, 3.8) is 0 Å². The van der Waals surface area contributed by atoms with E-state index in [4.69, 9.17) is 0 Å². The highest BCUT2D eigenvalue weighted by atomic mass is 16.3. The molecule has 104 valence electrons. The first-order chi connectivity index (χ1) is 9.14. The number of carbonyl (C=O) groups is 1. The standard InChI is InChI=1S/C16H23NO2/c1-2-14(12-13-8-4-3-5-9-13)17-15(18)16(19)10-6-7-11-16/h3-5,8-9,14,19H,2,6-7,10-12H2,1H3,(H,17,18). The van der Waals surface area contributed by atoms with E-state index in [-0.39, 0.29) is 11.9 Å². The summed E-state index contributed by atoms with van der Waals surface area (Å²) in [6.07, 6.45) is 4.77. The van der Waals surface area contributed by atoms with Gasteiger partial charge < -0.3 is 10.4 Å². The summed E-state index contributed by atoms with van der Waals surface area (Å²) < 4.78 is 0. The Hall–Kier alpha value is -1.35. The van der Waals surface area contributed by atoms with E-state index in [0.717, 1.165) is 25.7 Å². The summed E-state index contributed by atoms with van der Waals surface area (Å²) in [5, 5.41) is 13.3. The summed E-state index contributed by atoms with van der Waals surface area (Å²) in [5.74, 6) is -0.187. The quantitative estimate of drug-likeness (QED) is 0.855. The van der Waals surface area contributed by atoms with Gasteiger partial charge in [-0.1, -0.05) is 37.3 Å². The van der Waals surface area contributed by atoms with Gasteiger partial charge in [0.1, 0.15) is 5.60 Å². The molecule has 3 nitrogen and oxygen atoms in total. The molecule has 0 aromatic heterocycles. The highest BCUT2D eigenvalue weighted by molar-refractivity contribution is 5.85. The van der Waals surface area contributed by atoms with Gasteiger partial charge in [0.05, 0.1) is 0 Å². The van der Waals surface area contributed by atoms with E-state index in [0.29, 0.717) is 12.8 Å². The molecule has 1 fully saturated rings. The second-order valence-electron chi connectivity index (χ2n) is 5.51. The highest BCUT2D eigenvalue weighted by Gasteiger charge is 2.39. The molecule has 0 radical (unpaired) electrons. The lowest BCUT2D eigenvalue weighted by Crippen LogP contribution is -2.49. The second kappa shape index (κ2) is 6.20. The lowest BCUT2D eigenvalue weighted by atomic mass is 9.99. The second-order valence-corrected chi connectivity index (χ2v) is 5.51. The third-order valence-electron chi connectivity index (χ3n) is 4.01. The molecule has 2 N–H and O–H groups in total. The van der Waals surface area contributed by atoms with E-state index in [1.807, 2.05) is 18.2 Å². The van der Waals surface area contributed by atoms with Crippen LogP contribution >= 0.6 is 0 Å². The molecule has 2 rings (SSSR count). The first-order valence-corrected chi connectivity index (χ1v) is 7.21. The zero-order chi connectivity index (χ0) is 13.7. The number of aliphatic hydroxyl groups is 1. The molecule has 1 aromatic carbocycles. The average Bonchev–Trinajstić information content (AvgIpc) is 2.87. The van der Waals surface area contributed by atoms with E-state index in [9.17, 15) is 9.90 Å². The molecule has 1 amide bonds. The van der Waals surface area contributed by atoms with Gasteiger partial charge in [0.25, 0.3) is 5.91 Å². The summed E-state index contributed by atoms with van der Waals surface area (Å²) in [4.78, 5) is 12.2. The van der Waals surface area contributed by atoms with Gasteiger partial charge in [-0.25, -0.2) is 0 Å². The molecule has 0 bridgehead atoms. The fourth-order valence-corrected chi connectivity index (χ4v) is 2.70. The van der Waals surface area contributed by atoms with E-state index in [1.54, 1.807) is 0 Å². The lowest BCUT2D eigenvalue weighted by molar-refractivity contribution is -0.139. The predicted octanol–water partition coefficient (Wildman–Crippen LogP) is 2.43. The van der Waals surface area contributed by atoms with Crippen LogP contribution in [0.5, 0.6) is 0 Å². The molecule has 0 saturated heterocycles. The molecule has 1 unspecified atom stereocenters. The zero-order valence-corrected chi connectivity index (χ0v) is 11.6. The lowest BCUT2D eigenvalue weighted by Gasteiger charge is -2.25. The molecule has 0 aliphatic heterocycles. The van der Waals surface area contributed by atoms with Crippen LogP contribution in [0.15, 0.2) is 30.3 Å². The number of nitrogens with one attached hydrogen (secondary N) is 1. The Kier molecular flexibility index (Phi) is 4.59. The van der Waals surface area contributed by atoms with Crippen molar-refractivity contribution in [3.05, 3.63) is 35.9 Å². The van der Waals surface area contributed by atoms with Gasteiger partial charge in [-0.15, -0.1) is 0 Å². The van der Waals surface area contributed by atoms with E-state index in [2.05, 4.69) is 24.4 Å². The summed E-state index contributed by atoms with van der Waals surface area (Å²) in [6, 6.07) is 10.2. The van der Waals surface area contributed by atoms with Gasteiger partial charge in [-0.3, -0.25) is 4.79 Å². The first-order valence-electron chi connectivity index (χ1n) is 7.21. The Labute approximate surface area is 115 Å². The van der Waals surface area contributed by atoms with Crippen molar-refractivity contribution in [1.82, 2.24) is 5.32 Å². The molecule has 1 saturated carbocycles. The van der Waals surface area contributed by atoms with Crippen LogP contribution in [0, 0.1) is 0 Å². The fraction of sp³-hybridized carbons (Fsp3) is 0.562. The summed E-state index contributed by atoms with van der Waals surface area (Å²) in [5.41, 5.74) is 0.0949. The van der Waals surface area contributed by atoms with Crippen molar-refractivity contribution in [2.45, 2.75) is 57.1 Å². The number of hydrogen-bond acceptors (Lipinski definition) is 2. The Bertz CT molecular complexity index is 410. The maximum absolute atomic E-state index is 12.2. The van der Waals surface area contributed by atoms with Crippen LogP contribution in [0.25, 0.3) is 0 Å². The molecule has 0 spiro atoms. The average molecular weight is 261 g/mol. The number of rotatable bonds is 5. The van der Waals surface area contributed by atoms with E-state index in [1.165, 1.54) is 5.56 Å². The molecule has 3 heteroatoms. The molecule has 1 aliphatic carbocycles. The predicted molar refractivity (Wildman–Crippen MR) is 75.8 cm³/mol. The number of hydrogen-bond donors (Lipinski definition) is 2. The van der Waals surface area contributed by atoms with Crippen molar-refractivity contribution in [2.75, 3.05) is 0 Å². The van der Waals surface area contributed by atoms with Crippen LogP contribution in [0.3, 0.4) is 0 Å². The third-order valence-corrected chi connectivity index (χ3v) is 4.01. The smallest absolute Gasteiger partial charge is 0.252 e. The van der Waals surface area contributed by atoms with Crippen molar-refractivity contribution >= 4 is 5.91 Å². The molecule has 19 heavy (non-hydrogen) atoms. The first kappa shape index (κ1) is 14.1. The van der Waals surface area contributed by atoms with Gasteiger partial charge in [0.15, 0.2) is 0 Å². The Morgan fingerprint density at radius 2 is 1.95 bits per heavy atom. The van der Waals surface area contributed by atoms with E-state index >= 15 is 0 Å². The summed E-state index contributed by atoms with van der Waals surface area (Å²) >= 11 is 0. The van der Waals surface area contributed by atoms with Crippen LogP contribution in [0.1, 0.15) is 44.6 Å². The SMILES string of the molecule is CCC(Cc1ccccc1)NC(=O)C1(O)CCCC1. The molecule has 1 aromatic rings. The highest BCUT2D eigenvalue weighted by Crippen LogP contribution is 2.29. The van der Waals surface area contributed by atoms with Crippen LogP contribution in [0.4, 0.5) is 0 Å². The van der Waals surface area contributed by atoms with Gasteiger partial charge in [0.2, 0.25) is 0 Å². The third kappa shape index (κ3) is 3.57. The number of carbonyl (C=O) groups excluding carboxylic acids is 1. The Morgan fingerprint density at radius 3 is 2.53 bits per heavy atom. The van der Waals surface area contributed by atoms with Gasteiger partial charge in [0, 0.05) is 6.04 Å². The van der Waals surface area contributed by atoms with Gasteiger partial charge >= 0.3 is 0 Å². The molecular weight excluding hydrogens is 238 g/mol. The summed E-state index contributed by atoms with van der Waals surface area (Å²) in [7, 11) is 0. The number of amides is 1. The topological polar surface area (TPSA) is 49.3 Å². The monoisotopic (exact) mass is 261 g/mol. The molecular formula is C16H23NO2. The van der Waals surface area contributed by atoms with Gasteiger partial charge in [-0.2, -0.15) is 0 Å². The maximum atomic E-state index is 12.2. The van der Waals surface area contributed by atoms with Crippen molar-refractivity contribution in [2.24, 2.45) is 0 Å². The summed E-state index contributed by atoms with van der Waals surface area (Å²) in [6.45, 7) is 2.06. The van der Waals surface area contributed by atoms with Crippen molar-refractivity contribution in [3.8, 4) is 0 Å². The zero-order valence-electron chi connectivity index (χ0n) is 11.6. The minimum atomic E-state index is -1.12. The molecule has 1 aliphatic rings. The normalized spacial score (nSPS) is 19.1. The molecule has 1 atom stereocenters. The van der Waals surface area contributed by atoms with Gasteiger partial charge in [-0.05, 0) is 44.1 Å². The van der Waals surface area contributed by atoms with Crippen LogP contribution in [0.2, 0.25) is 0 Å².